The zero-order valence-corrected chi connectivity index (χ0v) is 16.9. The molecule has 0 bridgehead atoms. The van der Waals surface area contributed by atoms with Crippen LogP contribution in [0.25, 0.3) is 0 Å². The number of carbonyl (C=O) groups excluding carboxylic acids is 3. The quantitative estimate of drug-likeness (QED) is 0.755. The van der Waals surface area contributed by atoms with Crippen LogP contribution in [-0.4, -0.2) is 31.6 Å². The summed E-state index contributed by atoms with van der Waals surface area (Å²) in [5.41, 5.74) is 1.99. The van der Waals surface area contributed by atoms with Gasteiger partial charge in [0.15, 0.2) is 6.61 Å². The van der Waals surface area contributed by atoms with Crippen molar-refractivity contribution in [1.82, 2.24) is 0 Å². The number of esters is 2. The van der Waals surface area contributed by atoms with Crippen LogP contribution < -0.4 is 5.32 Å². The number of benzene rings is 1. The van der Waals surface area contributed by atoms with Crippen molar-refractivity contribution < 1.29 is 23.9 Å². The second kappa shape index (κ2) is 8.88. The molecule has 0 aliphatic heterocycles. The van der Waals surface area contributed by atoms with Crippen molar-refractivity contribution in [3.8, 4) is 6.07 Å². The van der Waals surface area contributed by atoms with Gasteiger partial charge in [-0.3, -0.25) is 4.79 Å². The molecule has 8 heteroatoms. The first-order chi connectivity index (χ1) is 13.9. The van der Waals surface area contributed by atoms with Crippen LogP contribution >= 0.6 is 11.3 Å². The third kappa shape index (κ3) is 4.63. The van der Waals surface area contributed by atoms with E-state index in [0.29, 0.717) is 22.0 Å². The molecule has 1 aliphatic carbocycles. The molecule has 7 nitrogen and oxygen atoms in total. The highest BCUT2D eigenvalue weighted by Gasteiger charge is 2.29. The van der Waals surface area contributed by atoms with Gasteiger partial charge >= 0.3 is 11.9 Å². The van der Waals surface area contributed by atoms with Gasteiger partial charge in [0.1, 0.15) is 5.00 Å². The van der Waals surface area contributed by atoms with Crippen LogP contribution in [0.5, 0.6) is 0 Å². The van der Waals surface area contributed by atoms with E-state index >= 15 is 0 Å². The maximum Gasteiger partial charge on any atom is 0.341 e. The van der Waals surface area contributed by atoms with Crippen LogP contribution in [0.3, 0.4) is 0 Å². The highest BCUT2D eigenvalue weighted by molar-refractivity contribution is 7.17. The smallest absolute Gasteiger partial charge is 0.341 e. The number of thiophene rings is 1. The number of hydrogen-bond acceptors (Lipinski definition) is 7. The van der Waals surface area contributed by atoms with E-state index in [9.17, 15) is 14.4 Å². The van der Waals surface area contributed by atoms with Crippen molar-refractivity contribution in [3.05, 3.63) is 51.4 Å². The summed E-state index contributed by atoms with van der Waals surface area (Å²) < 4.78 is 9.93. The van der Waals surface area contributed by atoms with E-state index < -0.39 is 24.5 Å². The van der Waals surface area contributed by atoms with Crippen LogP contribution in [0.1, 0.15) is 50.1 Å². The van der Waals surface area contributed by atoms with Gasteiger partial charge < -0.3 is 14.8 Å². The van der Waals surface area contributed by atoms with E-state index in [2.05, 4.69) is 12.2 Å². The van der Waals surface area contributed by atoms with Gasteiger partial charge in [-0.15, -0.1) is 11.3 Å². The standard InChI is InChI=1S/C21H20N2O5S/c1-12-3-8-15-16(9-12)29-19(18(15)21(26)27-2)23-17(24)11-28-20(25)14-6-4-13(10-22)5-7-14/h4-7,12H,3,8-9,11H2,1-2H3,(H,23,24). The van der Waals surface area contributed by atoms with Gasteiger partial charge in [-0.2, -0.15) is 5.26 Å². The number of nitrogens with one attached hydrogen (secondary N) is 1. The number of hydrogen-bond donors (Lipinski definition) is 1. The summed E-state index contributed by atoms with van der Waals surface area (Å²) in [6.45, 7) is 1.67. The molecule has 1 amide bonds. The zero-order chi connectivity index (χ0) is 21.0. The van der Waals surface area contributed by atoms with Crippen LogP contribution in [0.4, 0.5) is 5.00 Å². The first-order valence-electron chi connectivity index (χ1n) is 9.13. The Balaban J connectivity index is 1.68. The lowest BCUT2D eigenvalue weighted by Gasteiger charge is -2.18. The molecule has 1 N–H and O–H groups in total. The van der Waals surface area contributed by atoms with Gasteiger partial charge in [-0.25, -0.2) is 9.59 Å². The fourth-order valence-electron chi connectivity index (χ4n) is 3.21. The van der Waals surface area contributed by atoms with Crippen molar-refractivity contribution in [2.75, 3.05) is 19.0 Å². The van der Waals surface area contributed by atoms with Gasteiger partial charge in [-0.05, 0) is 55.0 Å². The lowest BCUT2D eigenvalue weighted by atomic mass is 9.88. The van der Waals surface area contributed by atoms with Crippen molar-refractivity contribution in [3.63, 3.8) is 0 Å². The number of anilines is 1. The molecular weight excluding hydrogens is 392 g/mol. The summed E-state index contributed by atoms with van der Waals surface area (Å²) in [6, 6.07) is 7.88. The third-order valence-corrected chi connectivity index (χ3v) is 5.91. The lowest BCUT2D eigenvalue weighted by Crippen LogP contribution is -2.22. The zero-order valence-electron chi connectivity index (χ0n) is 16.1. The minimum absolute atomic E-state index is 0.243. The Morgan fingerprint density at radius 2 is 1.97 bits per heavy atom. The van der Waals surface area contributed by atoms with E-state index in [1.54, 1.807) is 0 Å². The number of rotatable bonds is 5. The van der Waals surface area contributed by atoms with Gasteiger partial charge in [0.05, 0.1) is 29.9 Å². The molecule has 1 aliphatic rings. The minimum atomic E-state index is -0.669. The van der Waals surface area contributed by atoms with Crippen LogP contribution in [0, 0.1) is 17.2 Å². The summed E-state index contributed by atoms with van der Waals surface area (Å²) in [4.78, 5) is 37.7. The predicted molar refractivity (Wildman–Crippen MR) is 107 cm³/mol. The molecule has 1 aromatic heterocycles. The number of nitrogens with zero attached hydrogens (tertiary/aromatic N) is 1. The third-order valence-electron chi connectivity index (χ3n) is 4.74. The molecule has 1 atom stereocenters. The first kappa shape index (κ1) is 20.6. The topological polar surface area (TPSA) is 105 Å². The van der Waals surface area contributed by atoms with Gasteiger partial charge in [-0.1, -0.05) is 6.92 Å². The number of methoxy groups -OCH3 is 1. The molecule has 150 valence electrons. The van der Waals surface area contributed by atoms with E-state index in [1.165, 1.54) is 42.7 Å². The Hall–Kier alpha value is -3.18. The normalized spacial score (nSPS) is 15.0. The minimum Gasteiger partial charge on any atom is -0.465 e. The van der Waals surface area contributed by atoms with E-state index in [-0.39, 0.29) is 5.56 Å². The van der Waals surface area contributed by atoms with Crippen LogP contribution in [0.2, 0.25) is 0 Å². The van der Waals surface area contributed by atoms with Crippen LogP contribution in [0.15, 0.2) is 24.3 Å². The monoisotopic (exact) mass is 412 g/mol. The molecule has 3 rings (SSSR count). The fraction of sp³-hybridized carbons (Fsp3) is 0.333. The average molecular weight is 412 g/mol. The maximum absolute atomic E-state index is 12.3. The van der Waals surface area contributed by atoms with Crippen molar-refractivity contribution in [2.45, 2.75) is 26.2 Å². The fourth-order valence-corrected chi connectivity index (χ4v) is 4.63. The molecular formula is C21H20N2O5S. The van der Waals surface area contributed by atoms with E-state index in [1.807, 2.05) is 6.07 Å². The number of carbonyl (C=O) groups is 3. The van der Waals surface area contributed by atoms with Crippen LogP contribution in [-0.2, 0) is 27.1 Å². The average Bonchev–Trinajstić information content (AvgIpc) is 3.08. The van der Waals surface area contributed by atoms with Gasteiger partial charge in [0.25, 0.3) is 5.91 Å². The Labute approximate surface area is 172 Å². The molecule has 29 heavy (non-hydrogen) atoms. The molecule has 1 unspecified atom stereocenters. The summed E-state index contributed by atoms with van der Waals surface area (Å²) >= 11 is 1.37. The Bertz CT molecular complexity index is 988. The number of ether oxygens (including phenoxy) is 2. The number of fused-ring (bicyclic) bond motifs is 1. The molecule has 1 aromatic carbocycles. The summed E-state index contributed by atoms with van der Waals surface area (Å²) in [6.07, 6.45) is 2.60. The highest BCUT2D eigenvalue weighted by atomic mass is 32.1. The molecule has 2 aromatic rings. The first-order valence-corrected chi connectivity index (χ1v) is 9.94. The molecule has 0 radical (unpaired) electrons. The van der Waals surface area contributed by atoms with Gasteiger partial charge in [0.2, 0.25) is 0 Å². The molecule has 0 saturated carbocycles. The summed E-state index contributed by atoms with van der Waals surface area (Å²) in [7, 11) is 1.31. The van der Waals surface area contributed by atoms with Crippen molar-refractivity contribution in [2.24, 2.45) is 5.92 Å². The Morgan fingerprint density at radius 3 is 2.62 bits per heavy atom. The van der Waals surface area contributed by atoms with Crippen molar-refractivity contribution >= 4 is 34.2 Å². The molecule has 0 saturated heterocycles. The molecule has 1 heterocycles. The maximum atomic E-state index is 12.3. The molecule has 0 fully saturated rings. The largest absolute Gasteiger partial charge is 0.465 e. The second-order valence-corrected chi connectivity index (χ2v) is 7.97. The Kier molecular flexibility index (Phi) is 6.29. The summed E-state index contributed by atoms with van der Waals surface area (Å²) in [5.74, 6) is -1.17. The summed E-state index contributed by atoms with van der Waals surface area (Å²) in [5, 5.41) is 11.9. The van der Waals surface area contributed by atoms with E-state index in [0.717, 1.165) is 29.7 Å². The number of amides is 1. The second-order valence-electron chi connectivity index (χ2n) is 6.86. The van der Waals surface area contributed by atoms with Crippen molar-refractivity contribution in [1.29, 1.82) is 5.26 Å². The van der Waals surface area contributed by atoms with E-state index in [4.69, 9.17) is 14.7 Å². The number of nitriles is 1. The lowest BCUT2D eigenvalue weighted by molar-refractivity contribution is -0.119. The SMILES string of the molecule is COC(=O)c1c(NC(=O)COC(=O)c2ccc(C#N)cc2)sc2c1CCC(C)C2. The highest BCUT2D eigenvalue weighted by Crippen LogP contribution is 2.40. The van der Waals surface area contributed by atoms with Gasteiger partial charge in [0, 0.05) is 4.88 Å². The molecule has 0 spiro atoms. The predicted octanol–water partition coefficient (Wildman–Crippen LogP) is 3.33. The Morgan fingerprint density at radius 1 is 1.24 bits per heavy atom.